The lowest BCUT2D eigenvalue weighted by Gasteiger charge is -2.47. The van der Waals surface area contributed by atoms with Crippen LogP contribution in [0.3, 0.4) is 0 Å². The minimum atomic E-state index is -1.54. The Labute approximate surface area is 289 Å². The highest BCUT2D eigenvalue weighted by atomic mass is 32.2. The molecule has 48 heavy (non-hydrogen) atoms. The van der Waals surface area contributed by atoms with Crippen LogP contribution in [0.5, 0.6) is 0 Å². The van der Waals surface area contributed by atoms with Crippen molar-refractivity contribution >= 4 is 41.0 Å². The SMILES string of the molecule is CSC1O[C@H]([C@H](N[S@+]([O-])C(C)(C)C)[C@H]2C=CCC2)C(OC(=O)c2ccccc2)C(OC(=O)c2ccccc2)[C@H]1OC(=O)c1ccccc1. The summed E-state index contributed by atoms with van der Waals surface area (Å²) in [7, 11) is 0. The van der Waals surface area contributed by atoms with E-state index in [0.717, 1.165) is 12.8 Å². The lowest BCUT2D eigenvalue weighted by molar-refractivity contribution is -0.207. The van der Waals surface area contributed by atoms with Crippen LogP contribution in [0.2, 0.25) is 0 Å². The number of thioether (sulfide) groups is 1. The van der Waals surface area contributed by atoms with E-state index in [1.807, 2.05) is 26.8 Å². The molecule has 0 spiro atoms. The summed E-state index contributed by atoms with van der Waals surface area (Å²) in [6, 6.07) is 24.7. The summed E-state index contributed by atoms with van der Waals surface area (Å²) in [5.74, 6) is -2.16. The van der Waals surface area contributed by atoms with E-state index in [2.05, 4.69) is 10.8 Å². The Bertz CT molecular complexity index is 1550. The number of hydrogen-bond donors (Lipinski definition) is 1. The fraction of sp³-hybridized carbons (Fsp3) is 0.378. The number of nitrogens with one attached hydrogen (secondary N) is 1. The van der Waals surface area contributed by atoms with Crippen molar-refractivity contribution in [3.05, 3.63) is 120 Å². The Morgan fingerprint density at radius 3 is 1.67 bits per heavy atom. The highest BCUT2D eigenvalue weighted by Crippen LogP contribution is 2.39. The van der Waals surface area contributed by atoms with Crippen LogP contribution in [0.25, 0.3) is 0 Å². The largest absolute Gasteiger partial charge is 0.598 e. The minimum absolute atomic E-state index is 0.143. The maximum absolute atomic E-state index is 13.8. The standard InChI is InChI=1S/C37H41NO8S2/c1-37(2,3)48(42)38-28(24-16-14-15-17-24)29-30(43-33(39)25-18-8-5-9-19-25)31(44-34(40)26-20-10-6-11-21-26)32(36(46-29)47-4)45-35(41)27-22-12-7-13-23-27/h5-14,16,18-24,28-32,36,38H,15,17H2,1-4H3/t24-,28+,29+,30?,31?,32+,36?,48+/m0/s1. The zero-order valence-electron chi connectivity index (χ0n) is 27.4. The van der Waals surface area contributed by atoms with Gasteiger partial charge in [0.25, 0.3) is 0 Å². The van der Waals surface area contributed by atoms with Crippen LogP contribution in [0.15, 0.2) is 103 Å². The van der Waals surface area contributed by atoms with E-state index in [0.29, 0.717) is 5.56 Å². The van der Waals surface area contributed by atoms with Crippen LogP contribution in [0.1, 0.15) is 64.7 Å². The first-order valence-corrected chi connectivity index (χ1v) is 18.3. The minimum Gasteiger partial charge on any atom is -0.598 e. The maximum Gasteiger partial charge on any atom is 0.338 e. The Kier molecular flexibility index (Phi) is 12.0. The molecule has 8 atom stereocenters. The van der Waals surface area contributed by atoms with Gasteiger partial charge in [-0.3, -0.25) is 0 Å². The maximum atomic E-state index is 13.8. The predicted molar refractivity (Wildman–Crippen MR) is 186 cm³/mol. The van der Waals surface area contributed by atoms with E-state index in [9.17, 15) is 18.9 Å². The normalized spacial score (nSPS) is 25.1. The molecule has 2 aliphatic rings. The van der Waals surface area contributed by atoms with Crippen molar-refractivity contribution in [2.45, 2.75) is 74.3 Å². The van der Waals surface area contributed by atoms with Gasteiger partial charge in [-0.05, 0) is 82.2 Å². The van der Waals surface area contributed by atoms with E-state index in [-0.39, 0.29) is 17.0 Å². The molecule has 11 heteroatoms. The summed E-state index contributed by atoms with van der Waals surface area (Å²) in [4.78, 5) is 41.0. The second kappa shape index (κ2) is 16.2. The summed E-state index contributed by atoms with van der Waals surface area (Å²) < 4.78 is 41.6. The molecule has 254 valence electrons. The second-order valence-electron chi connectivity index (χ2n) is 12.6. The zero-order valence-corrected chi connectivity index (χ0v) is 29.0. The molecule has 0 saturated carbocycles. The number of benzene rings is 3. The molecule has 3 aromatic rings. The van der Waals surface area contributed by atoms with Gasteiger partial charge in [0.2, 0.25) is 0 Å². The van der Waals surface area contributed by atoms with Gasteiger partial charge in [-0.25, -0.2) is 14.4 Å². The number of allylic oxidation sites excluding steroid dienone is 1. The third kappa shape index (κ3) is 8.69. The molecule has 0 bridgehead atoms. The molecular formula is C37H41NO8S2. The zero-order chi connectivity index (χ0) is 34.3. The molecule has 0 aromatic heterocycles. The van der Waals surface area contributed by atoms with Gasteiger partial charge >= 0.3 is 17.9 Å². The smallest absolute Gasteiger partial charge is 0.338 e. The molecule has 5 rings (SSSR count). The summed E-state index contributed by atoms with van der Waals surface area (Å²) >= 11 is -0.270. The average molecular weight is 692 g/mol. The number of rotatable bonds is 11. The Hall–Kier alpha value is -3.61. The summed E-state index contributed by atoms with van der Waals surface area (Å²) in [6.07, 6.45) is 2.71. The molecule has 1 aliphatic heterocycles. The first-order chi connectivity index (χ1) is 23.1. The van der Waals surface area contributed by atoms with Gasteiger partial charge in [0.1, 0.15) is 16.3 Å². The van der Waals surface area contributed by atoms with Crippen molar-refractivity contribution in [1.29, 1.82) is 0 Å². The predicted octanol–water partition coefficient (Wildman–Crippen LogP) is 6.14. The van der Waals surface area contributed by atoms with E-state index >= 15 is 0 Å². The van der Waals surface area contributed by atoms with E-state index in [1.54, 1.807) is 97.3 Å². The van der Waals surface area contributed by atoms with Gasteiger partial charge in [-0.1, -0.05) is 66.7 Å². The van der Waals surface area contributed by atoms with Crippen molar-refractivity contribution in [2.75, 3.05) is 6.26 Å². The second-order valence-corrected chi connectivity index (χ2v) is 15.5. The topological polar surface area (TPSA) is 123 Å². The van der Waals surface area contributed by atoms with Gasteiger partial charge in [0, 0.05) is 11.4 Å². The molecule has 1 aliphatic carbocycles. The van der Waals surface area contributed by atoms with E-state index < -0.39 is 69.9 Å². The molecule has 3 unspecified atom stereocenters. The lowest BCUT2D eigenvalue weighted by Crippen LogP contribution is -2.67. The molecule has 0 amide bonds. The summed E-state index contributed by atoms with van der Waals surface area (Å²) in [6.45, 7) is 5.58. The number of ether oxygens (including phenoxy) is 4. The van der Waals surface area contributed by atoms with Gasteiger partial charge in [-0.15, -0.1) is 16.5 Å². The van der Waals surface area contributed by atoms with Crippen LogP contribution in [-0.4, -0.2) is 69.4 Å². The molecule has 9 nitrogen and oxygen atoms in total. The Morgan fingerprint density at radius 2 is 1.25 bits per heavy atom. The van der Waals surface area contributed by atoms with Crippen LogP contribution in [0, 0.1) is 5.92 Å². The molecule has 1 saturated heterocycles. The fourth-order valence-corrected chi connectivity index (χ4v) is 7.29. The number of esters is 3. The van der Waals surface area contributed by atoms with Gasteiger partial charge in [0.05, 0.1) is 22.7 Å². The molecule has 3 aromatic carbocycles. The van der Waals surface area contributed by atoms with Crippen LogP contribution < -0.4 is 4.72 Å². The quantitative estimate of drug-likeness (QED) is 0.109. The van der Waals surface area contributed by atoms with Crippen molar-refractivity contribution in [3.63, 3.8) is 0 Å². The van der Waals surface area contributed by atoms with Crippen molar-refractivity contribution in [2.24, 2.45) is 5.92 Å². The highest BCUT2D eigenvalue weighted by Gasteiger charge is 2.56. The molecular weight excluding hydrogens is 651 g/mol. The van der Waals surface area contributed by atoms with E-state index in [4.69, 9.17) is 18.9 Å². The van der Waals surface area contributed by atoms with Gasteiger partial charge in [-0.2, -0.15) is 0 Å². The molecule has 0 radical (unpaired) electrons. The highest BCUT2D eigenvalue weighted by molar-refractivity contribution is 7.99. The first kappa shape index (κ1) is 35.7. The Morgan fingerprint density at radius 1 is 0.792 bits per heavy atom. The monoisotopic (exact) mass is 691 g/mol. The average Bonchev–Trinajstić information content (AvgIpc) is 3.64. The third-order valence-corrected chi connectivity index (χ3v) is 10.6. The first-order valence-electron chi connectivity index (χ1n) is 15.9. The van der Waals surface area contributed by atoms with Crippen molar-refractivity contribution in [3.8, 4) is 0 Å². The number of carbonyl (C=O) groups excluding carboxylic acids is 3. The van der Waals surface area contributed by atoms with Gasteiger partial charge in [0.15, 0.2) is 18.3 Å². The van der Waals surface area contributed by atoms with Crippen molar-refractivity contribution in [1.82, 2.24) is 4.72 Å². The Balaban J connectivity index is 1.61. The summed E-state index contributed by atoms with van der Waals surface area (Å²) in [5.41, 5.74) is -0.00943. The summed E-state index contributed by atoms with van der Waals surface area (Å²) in [5, 5.41) is 0. The van der Waals surface area contributed by atoms with Crippen molar-refractivity contribution < 1.29 is 37.9 Å². The molecule has 1 fully saturated rings. The van der Waals surface area contributed by atoms with Crippen LogP contribution >= 0.6 is 11.8 Å². The molecule has 1 N–H and O–H groups in total. The lowest BCUT2D eigenvalue weighted by atomic mass is 9.87. The molecule has 1 heterocycles. The van der Waals surface area contributed by atoms with Crippen LogP contribution in [0.4, 0.5) is 0 Å². The van der Waals surface area contributed by atoms with E-state index in [1.165, 1.54) is 11.8 Å². The fourth-order valence-electron chi connectivity index (χ4n) is 5.66. The number of hydrogen-bond acceptors (Lipinski definition) is 10. The third-order valence-electron chi connectivity index (χ3n) is 8.19. The number of carbonyl (C=O) groups is 3. The van der Waals surface area contributed by atoms with Gasteiger partial charge < -0.3 is 23.5 Å². The van der Waals surface area contributed by atoms with Crippen LogP contribution in [-0.2, 0) is 30.3 Å².